The molecule has 2 aromatic carbocycles. The third-order valence-electron chi connectivity index (χ3n) is 2.72. The first-order chi connectivity index (χ1) is 9.04. The molecule has 4 heteroatoms. The Bertz CT molecular complexity index is 613. The maximum absolute atomic E-state index is 13.0. The van der Waals surface area contributed by atoms with E-state index in [9.17, 15) is 9.18 Å². The van der Waals surface area contributed by atoms with Gasteiger partial charge in [0.1, 0.15) is 5.82 Å². The van der Waals surface area contributed by atoms with E-state index in [1.807, 2.05) is 6.92 Å². The zero-order valence-corrected chi connectivity index (χ0v) is 11.2. The van der Waals surface area contributed by atoms with Gasteiger partial charge in [-0.1, -0.05) is 23.7 Å². The Kier molecular flexibility index (Phi) is 4.17. The van der Waals surface area contributed by atoms with Crippen LogP contribution in [0, 0.1) is 12.7 Å². The highest BCUT2D eigenvalue weighted by Crippen LogP contribution is 2.19. The van der Waals surface area contributed by atoms with E-state index in [2.05, 4.69) is 5.32 Å². The summed E-state index contributed by atoms with van der Waals surface area (Å²) in [5.41, 5.74) is 2.25. The molecule has 0 spiro atoms. The number of anilines is 1. The lowest BCUT2D eigenvalue weighted by atomic mass is 10.1. The molecule has 2 nitrogen and oxygen atoms in total. The number of hydrogen-bond acceptors (Lipinski definition) is 1. The van der Waals surface area contributed by atoms with Crippen LogP contribution in [-0.2, 0) is 11.2 Å². The van der Waals surface area contributed by atoms with Crippen LogP contribution in [-0.4, -0.2) is 5.91 Å². The molecular formula is C15H13ClFNO. The lowest BCUT2D eigenvalue weighted by Gasteiger charge is -2.08. The van der Waals surface area contributed by atoms with Gasteiger partial charge in [-0.3, -0.25) is 4.79 Å². The lowest BCUT2D eigenvalue weighted by molar-refractivity contribution is -0.115. The SMILES string of the molecule is Cc1cc(Cl)ccc1NC(=O)Cc1cccc(F)c1. The van der Waals surface area contributed by atoms with Gasteiger partial charge in [-0.2, -0.15) is 0 Å². The molecule has 2 aromatic rings. The molecule has 0 aliphatic heterocycles. The summed E-state index contributed by atoms with van der Waals surface area (Å²) in [4.78, 5) is 11.9. The summed E-state index contributed by atoms with van der Waals surface area (Å²) in [7, 11) is 0. The minimum absolute atomic E-state index is 0.139. The number of amides is 1. The van der Waals surface area contributed by atoms with Crippen molar-refractivity contribution in [2.45, 2.75) is 13.3 Å². The lowest BCUT2D eigenvalue weighted by Crippen LogP contribution is -2.15. The second-order valence-electron chi connectivity index (χ2n) is 4.31. The molecule has 0 aliphatic rings. The summed E-state index contributed by atoms with van der Waals surface area (Å²) in [6.07, 6.45) is 0.139. The standard InChI is InChI=1S/C15H13ClFNO/c1-10-7-12(16)5-6-14(10)18-15(19)9-11-3-2-4-13(17)8-11/h2-8H,9H2,1H3,(H,18,19). The monoisotopic (exact) mass is 277 g/mol. The molecule has 1 N–H and O–H groups in total. The molecule has 0 fully saturated rings. The first-order valence-electron chi connectivity index (χ1n) is 5.85. The van der Waals surface area contributed by atoms with E-state index < -0.39 is 0 Å². The van der Waals surface area contributed by atoms with Crippen LogP contribution in [0.5, 0.6) is 0 Å². The molecule has 0 saturated carbocycles. The molecule has 0 aliphatic carbocycles. The second-order valence-corrected chi connectivity index (χ2v) is 4.75. The Hall–Kier alpha value is -1.87. The summed E-state index contributed by atoms with van der Waals surface area (Å²) in [5, 5.41) is 3.41. The van der Waals surface area contributed by atoms with Gasteiger partial charge in [0.2, 0.25) is 5.91 Å². The Morgan fingerprint density at radius 2 is 2.05 bits per heavy atom. The average Bonchev–Trinajstić information content (AvgIpc) is 2.33. The zero-order valence-electron chi connectivity index (χ0n) is 10.4. The predicted molar refractivity (Wildman–Crippen MR) is 74.9 cm³/mol. The Morgan fingerprint density at radius 3 is 2.74 bits per heavy atom. The Balaban J connectivity index is 2.05. The van der Waals surface area contributed by atoms with Crippen molar-refractivity contribution < 1.29 is 9.18 Å². The van der Waals surface area contributed by atoms with Crippen molar-refractivity contribution in [2.75, 3.05) is 5.32 Å². The third kappa shape index (κ3) is 3.80. The number of carbonyl (C=O) groups is 1. The van der Waals surface area contributed by atoms with Gasteiger partial charge in [-0.15, -0.1) is 0 Å². The molecular weight excluding hydrogens is 265 g/mol. The maximum Gasteiger partial charge on any atom is 0.228 e. The van der Waals surface area contributed by atoms with Gasteiger partial charge in [0.05, 0.1) is 6.42 Å². The van der Waals surface area contributed by atoms with Crippen LogP contribution in [0.15, 0.2) is 42.5 Å². The molecule has 19 heavy (non-hydrogen) atoms. The van der Waals surface area contributed by atoms with E-state index in [1.54, 1.807) is 30.3 Å². The average molecular weight is 278 g/mol. The Labute approximate surface area is 116 Å². The third-order valence-corrected chi connectivity index (χ3v) is 2.95. The van der Waals surface area contributed by atoms with Gasteiger partial charge >= 0.3 is 0 Å². The maximum atomic E-state index is 13.0. The van der Waals surface area contributed by atoms with E-state index in [-0.39, 0.29) is 18.1 Å². The van der Waals surface area contributed by atoms with Crippen LogP contribution in [0.3, 0.4) is 0 Å². The van der Waals surface area contributed by atoms with Crippen LogP contribution in [0.4, 0.5) is 10.1 Å². The van der Waals surface area contributed by atoms with E-state index in [0.717, 1.165) is 5.56 Å². The molecule has 0 heterocycles. The van der Waals surface area contributed by atoms with E-state index in [0.29, 0.717) is 16.3 Å². The van der Waals surface area contributed by atoms with E-state index >= 15 is 0 Å². The summed E-state index contributed by atoms with van der Waals surface area (Å²) < 4.78 is 13.0. The van der Waals surface area contributed by atoms with Crippen LogP contribution in [0.1, 0.15) is 11.1 Å². The fourth-order valence-corrected chi connectivity index (χ4v) is 2.02. The van der Waals surface area contributed by atoms with Gasteiger partial charge in [0.25, 0.3) is 0 Å². The van der Waals surface area contributed by atoms with Crippen molar-refractivity contribution >= 4 is 23.2 Å². The minimum Gasteiger partial charge on any atom is -0.326 e. The van der Waals surface area contributed by atoms with E-state index in [4.69, 9.17) is 11.6 Å². The molecule has 0 saturated heterocycles. The fraction of sp³-hybridized carbons (Fsp3) is 0.133. The molecule has 0 unspecified atom stereocenters. The number of carbonyl (C=O) groups excluding carboxylic acids is 1. The molecule has 98 valence electrons. The highest BCUT2D eigenvalue weighted by molar-refractivity contribution is 6.30. The van der Waals surface area contributed by atoms with Crippen LogP contribution >= 0.6 is 11.6 Å². The van der Waals surface area contributed by atoms with Crippen LogP contribution in [0.2, 0.25) is 5.02 Å². The number of aryl methyl sites for hydroxylation is 1. The van der Waals surface area contributed by atoms with Crippen LogP contribution in [0.25, 0.3) is 0 Å². The van der Waals surface area contributed by atoms with Crippen molar-refractivity contribution in [3.63, 3.8) is 0 Å². The smallest absolute Gasteiger partial charge is 0.228 e. The molecule has 0 aromatic heterocycles. The van der Waals surface area contributed by atoms with Crippen molar-refractivity contribution in [2.24, 2.45) is 0 Å². The summed E-state index contributed by atoms with van der Waals surface area (Å²) in [5.74, 6) is -0.524. The molecule has 0 bridgehead atoms. The molecule has 2 rings (SSSR count). The normalized spacial score (nSPS) is 10.3. The number of hydrogen-bond donors (Lipinski definition) is 1. The molecule has 1 amide bonds. The topological polar surface area (TPSA) is 29.1 Å². The quantitative estimate of drug-likeness (QED) is 0.904. The predicted octanol–water partition coefficient (Wildman–Crippen LogP) is 3.97. The second kappa shape index (κ2) is 5.85. The first kappa shape index (κ1) is 13.6. The number of halogens is 2. The minimum atomic E-state index is -0.340. The Morgan fingerprint density at radius 1 is 1.26 bits per heavy atom. The van der Waals surface area contributed by atoms with Crippen molar-refractivity contribution in [1.29, 1.82) is 0 Å². The van der Waals surface area contributed by atoms with Crippen LogP contribution < -0.4 is 5.32 Å². The number of benzene rings is 2. The number of rotatable bonds is 3. The van der Waals surface area contributed by atoms with Gasteiger partial charge in [-0.05, 0) is 48.4 Å². The van der Waals surface area contributed by atoms with Gasteiger partial charge in [-0.25, -0.2) is 4.39 Å². The van der Waals surface area contributed by atoms with Crippen molar-refractivity contribution in [3.8, 4) is 0 Å². The van der Waals surface area contributed by atoms with Crippen molar-refractivity contribution in [1.82, 2.24) is 0 Å². The van der Waals surface area contributed by atoms with Crippen molar-refractivity contribution in [3.05, 3.63) is 64.4 Å². The number of nitrogens with one attached hydrogen (secondary N) is 1. The molecule has 0 atom stereocenters. The summed E-state index contributed by atoms with van der Waals surface area (Å²) >= 11 is 5.85. The highest BCUT2D eigenvalue weighted by atomic mass is 35.5. The fourth-order valence-electron chi connectivity index (χ4n) is 1.79. The summed E-state index contributed by atoms with van der Waals surface area (Å²) in [6, 6.07) is 11.3. The summed E-state index contributed by atoms with van der Waals surface area (Å²) in [6.45, 7) is 1.86. The zero-order chi connectivity index (χ0) is 13.8. The highest BCUT2D eigenvalue weighted by Gasteiger charge is 2.07. The van der Waals surface area contributed by atoms with Gasteiger partial charge in [0.15, 0.2) is 0 Å². The van der Waals surface area contributed by atoms with Gasteiger partial charge < -0.3 is 5.32 Å². The van der Waals surface area contributed by atoms with Gasteiger partial charge in [0, 0.05) is 10.7 Å². The van der Waals surface area contributed by atoms with E-state index in [1.165, 1.54) is 12.1 Å². The first-order valence-corrected chi connectivity index (χ1v) is 6.23. The molecule has 0 radical (unpaired) electrons. The largest absolute Gasteiger partial charge is 0.326 e.